The Hall–Kier alpha value is -0.410. The van der Waals surface area contributed by atoms with Crippen LogP contribution in [-0.4, -0.2) is 23.5 Å². The van der Waals surface area contributed by atoms with Crippen LogP contribution in [0.1, 0.15) is 24.4 Å². The molecule has 1 aliphatic heterocycles. The van der Waals surface area contributed by atoms with E-state index in [1.807, 2.05) is 12.3 Å². The number of aromatic nitrogens is 1. The quantitative estimate of drug-likeness (QED) is 0.702. The third kappa shape index (κ3) is 1.76. The first kappa shape index (κ1) is 9.16. The summed E-state index contributed by atoms with van der Waals surface area (Å²) in [6.07, 6.45) is 4.37. The van der Waals surface area contributed by atoms with Gasteiger partial charge in [0.05, 0.1) is 0 Å². The average molecular weight is 241 g/mol. The molecule has 0 saturated carbocycles. The highest BCUT2D eigenvalue weighted by Crippen LogP contribution is 2.33. The molecule has 1 aromatic heterocycles. The van der Waals surface area contributed by atoms with E-state index in [1.165, 1.54) is 24.9 Å². The standard InChI is InChI=1S/C10H13BrN2/c1-13-7-3-5-9(13)8-4-2-6-12-10(8)11/h2,4,6,9H,3,5,7H2,1H3/t9-/m1/s1. The summed E-state index contributed by atoms with van der Waals surface area (Å²) < 4.78 is 0.994. The van der Waals surface area contributed by atoms with Gasteiger partial charge in [-0.15, -0.1) is 0 Å². The number of rotatable bonds is 1. The van der Waals surface area contributed by atoms with Crippen molar-refractivity contribution in [1.82, 2.24) is 9.88 Å². The Bertz CT molecular complexity index is 301. The van der Waals surface area contributed by atoms with Crippen molar-refractivity contribution in [2.75, 3.05) is 13.6 Å². The summed E-state index contributed by atoms with van der Waals surface area (Å²) in [5.74, 6) is 0. The smallest absolute Gasteiger partial charge is 0.110 e. The topological polar surface area (TPSA) is 16.1 Å². The van der Waals surface area contributed by atoms with Crippen LogP contribution < -0.4 is 0 Å². The second-order valence-electron chi connectivity index (χ2n) is 3.52. The minimum Gasteiger partial charge on any atom is -0.299 e. The third-order valence-electron chi connectivity index (χ3n) is 2.67. The Morgan fingerprint density at radius 2 is 2.46 bits per heavy atom. The highest BCUT2D eigenvalue weighted by Gasteiger charge is 2.24. The largest absolute Gasteiger partial charge is 0.299 e. The molecule has 0 bridgehead atoms. The molecule has 0 aliphatic carbocycles. The third-order valence-corrected chi connectivity index (χ3v) is 3.33. The average Bonchev–Trinajstić information content (AvgIpc) is 2.52. The van der Waals surface area contributed by atoms with Crippen molar-refractivity contribution in [1.29, 1.82) is 0 Å². The molecule has 1 atom stereocenters. The molecule has 0 radical (unpaired) electrons. The minimum absolute atomic E-state index is 0.558. The fraction of sp³-hybridized carbons (Fsp3) is 0.500. The molecule has 0 unspecified atom stereocenters. The van der Waals surface area contributed by atoms with Gasteiger partial charge < -0.3 is 0 Å². The minimum atomic E-state index is 0.558. The van der Waals surface area contributed by atoms with Gasteiger partial charge in [-0.25, -0.2) is 4.98 Å². The number of nitrogens with zero attached hydrogens (tertiary/aromatic N) is 2. The monoisotopic (exact) mass is 240 g/mol. The van der Waals surface area contributed by atoms with E-state index in [9.17, 15) is 0 Å². The Labute approximate surface area is 87.1 Å². The summed E-state index contributed by atoms with van der Waals surface area (Å²) >= 11 is 3.50. The number of likely N-dealkylation sites (tertiary alicyclic amines) is 1. The van der Waals surface area contributed by atoms with Gasteiger partial charge in [0, 0.05) is 17.8 Å². The number of pyridine rings is 1. The van der Waals surface area contributed by atoms with Crippen LogP contribution >= 0.6 is 15.9 Å². The molecule has 1 saturated heterocycles. The maximum atomic E-state index is 4.25. The van der Waals surface area contributed by atoms with Gasteiger partial charge in [0.2, 0.25) is 0 Å². The maximum Gasteiger partial charge on any atom is 0.110 e. The molecule has 0 spiro atoms. The van der Waals surface area contributed by atoms with E-state index in [-0.39, 0.29) is 0 Å². The lowest BCUT2D eigenvalue weighted by Gasteiger charge is -2.20. The van der Waals surface area contributed by atoms with Crippen molar-refractivity contribution in [3.63, 3.8) is 0 Å². The summed E-state index contributed by atoms with van der Waals surface area (Å²) in [7, 11) is 2.18. The van der Waals surface area contributed by atoms with Gasteiger partial charge in [-0.05, 0) is 48.4 Å². The van der Waals surface area contributed by atoms with E-state index in [0.29, 0.717) is 6.04 Å². The van der Waals surface area contributed by atoms with Crippen LogP contribution in [0, 0.1) is 0 Å². The molecule has 1 aromatic rings. The van der Waals surface area contributed by atoms with Gasteiger partial charge in [-0.1, -0.05) is 6.07 Å². The van der Waals surface area contributed by atoms with Gasteiger partial charge in [-0.3, -0.25) is 4.90 Å². The molecule has 2 nitrogen and oxygen atoms in total. The number of hydrogen-bond donors (Lipinski definition) is 0. The predicted octanol–water partition coefficient (Wildman–Crippen LogP) is 2.61. The summed E-state index contributed by atoms with van der Waals surface area (Å²) in [6.45, 7) is 1.20. The Morgan fingerprint density at radius 3 is 3.08 bits per heavy atom. The van der Waals surface area contributed by atoms with Crippen molar-refractivity contribution < 1.29 is 0 Å². The fourth-order valence-electron chi connectivity index (χ4n) is 1.95. The number of halogens is 1. The van der Waals surface area contributed by atoms with Crippen LogP contribution in [0.4, 0.5) is 0 Å². The van der Waals surface area contributed by atoms with E-state index in [0.717, 1.165) is 4.60 Å². The first-order valence-corrected chi connectivity index (χ1v) is 5.39. The van der Waals surface area contributed by atoms with Gasteiger partial charge in [0.15, 0.2) is 0 Å². The molecule has 1 aliphatic rings. The molecule has 1 fully saturated rings. The van der Waals surface area contributed by atoms with Crippen molar-refractivity contribution >= 4 is 15.9 Å². The van der Waals surface area contributed by atoms with Crippen molar-refractivity contribution in [2.24, 2.45) is 0 Å². The van der Waals surface area contributed by atoms with E-state index >= 15 is 0 Å². The molecule has 70 valence electrons. The predicted molar refractivity (Wildman–Crippen MR) is 56.5 cm³/mol. The van der Waals surface area contributed by atoms with E-state index in [1.54, 1.807) is 0 Å². The molecule has 3 heteroatoms. The number of hydrogen-bond acceptors (Lipinski definition) is 2. The van der Waals surface area contributed by atoms with Gasteiger partial charge >= 0.3 is 0 Å². The summed E-state index contributed by atoms with van der Waals surface area (Å²) in [4.78, 5) is 6.64. The highest BCUT2D eigenvalue weighted by molar-refractivity contribution is 9.10. The van der Waals surface area contributed by atoms with Crippen LogP contribution in [0.25, 0.3) is 0 Å². The Morgan fingerprint density at radius 1 is 1.62 bits per heavy atom. The molecule has 0 amide bonds. The lowest BCUT2D eigenvalue weighted by atomic mass is 10.1. The highest BCUT2D eigenvalue weighted by atomic mass is 79.9. The summed E-state index contributed by atoms with van der Waals surface area (Å²) in [6, 6.07) is 4.72. The van der Waals surface area contributed by atoms with Gasteiger partial charge in [-0.2, -0.15) is 0 Å². The van der Waals surface area contributed by atoms with Gasteiger partial charge in [0.1, 0.15) is 4.60 Å². The van der Waals surface area contributed by atoms with E-state index < -0.39 is 0 Å². The second kappa shape index (κ2) is 3.76. The normalized spacial score (nSPS) is 23.7. The van der Waals surface area contributed by atoms with Crippen molar-refractivity contribution in [2.45, 2.75) is 18.9 Å². The molecule has 0 N–H and O–H groups in total. The molecule has 2 heterocycles. The zero-order valence-corrected chi connectivity index (χ0v) is 9.29. The molecular weight excluding hydrogens is 228 g/mol. The van der Waals surface area contributed by atoms with E-state index in [2.05, 4.69) is 38.9 Å². The summed E-state index contributed by atoms with van der Waals surface area (Å²) in [5.41, 5.74) is 1.32. The SMILES string of the molecule is CN1CCC[C@@H]1c1cccnc1Br. The lowest BCUT2D eigenvalue weighted by molar-refractivity contribution is 0.316. The second-order valence-corrected chi connectivity index (χ2v) is 4.27. The van der Waals surface area contributed by atoms with Gasteiger partial charge in [0.25, 0.3) is 0 Å². The summed E-state index contributed by atoms with van der Waals surface area (Å²) in [5, 5.41) is 0. The van der Waals surface area contributed by atoms with Crippen LogP contribution in [0.15, 0.2) is 22.9 Å². The molecule has 2 rings (SSSR count). The Kier molecular flexibility index (Phi) is 2.65. The Balaban J connectivity index is 2.29. The maximum absolute atomic E-state index is 4.25. The molecule has 13 heavy (non-hydrogen) atoms. The van der Waals surface area contributed by atoms with Crippen molar-refractivity contribution in [3.05, 3.63) is 28.5 Å². The van der Waals surface area contributed by atoms with Crippen molar-refractivity contribution in [3.8, 4) is 0 Å². The molecular formula is C10H13BrN2. The molecule has 0 aromatic carbocycles. The van der Waals surface area contributed by atoms with Crippen LogP contribution in [-0.2, 0) is 0 Å². The lowest BCUT2D eigenvalue weighted by Crippen LogP contribution is -2.17. The zero-order valence-electron chi connectivity index (χ0n) is 7.70. The van der Waals surface area contributed by atoms with Crippen LogP contribution in [0.3, 0.4) is 0 Å². The van der Waals surface area contributed by atoms with Crippen LogP contribution in [0.2, 0.25) is 0 Å². The first-order valence-electron chi connectivity index (χ1n) is 4.59. The fourth-order valence-corrected chi connectivity index (χ4v) is 2.46. The zero-order chi connectivity index (χ0) is 9.26. The van der Waals surface area contributed by atoms with Crippen LogP contribution in [0.5, 0.6) is 0 Å². The first-order chi connectivity index (χ1) is 6.29. The van der Waals surface area contributed by atoms with E-state index in [4.69, 9.17) is 0 Å².